The van der Waals surface area contributed by atoms with Crippen molar-refractivity contribution in [1.82, 2.24) is 14.9 Å². The molecule has 1 atom stereocenters. The van der Waals surface area contributed by atoms with Crippen LogP contribution < -0.4 is 5.32 Å². The Morgan fingerprint density at radius 3 is 2.79 bits per heavy atom. The second-order valence-corrected chi connectivity index (χ2v) is 6.13. The van der Waals surface area contributed by atoms with Crippen LogP contribution in [0.25, 0.3) is 0 Å². The number of nitrogens with zero attached hydrogens (tertiary/aromatic N) is 3. The molecular weight excluding hydrogens is 341 g/mol. The highest BCUT2D eigenvalue weighted by Gasteiger charge is 2.33. The van der Waals surface area contributed by atoms with Crippen molar-refractivity contribution < 1.29 is 13.2 Å². The monoisotopic (exact) mass is 356 g/mol. The van der Waals surface area contributed by atoms with Crippen LogP contribution in [0.5, 0.6) is 0 Å². The Balaban J connectivity index is 1.60. The number of nitrogens with one attached hydrogen (secondary N) is 1. The summed E-state index contributed by atoms with van der Waals surface area (Å²) in [5.41, 5.74) is 0.0982. The summed E-state index contributed by atoms with van der Waals surface area (Å²) < 4.78 is 38.1. The van der Waals surface area contributed by atoms with Crippen molar-refractivity contribution in [3.05, 3.63) is 52.8 Å². The zero-order chi connectivity index (χ0) is 17.2. The van der Waals surface area contributed by atoms with E-state index in [1.807, 2.05) is 24.3 Å². The van der Waals surface area contributed by atoms with Gasteiger partial charge in [-0.05, 0) is 24.1 Å². The molecule has 128 valence electrons. The Morgan fingerprint density at radius 2 is 2.04 bits per heavy atom. The van der Waals surface area contributed by atoms with Crippen LogP contribution in [-0.4, -0.2) is 34.0 Å². The van der Waals surface area contributed by atoms with Crippen LogP contribution in [0.2, 0.25) is 5.02 Å². The van der Waals surface area contributed by atoms with Crippen molar-refractivity contribution in [1.29, 1.82) is 0 Å². The Hall–Kier alpha value is -1.86. The topological polar surface area (TPSA) is 41.1 Å². The first kappa shape index (κ1) is 17.0. The molecule has 1 fully saturated rings. The number of anilines is 1. The van der Waals surface area contributed by atoms with Gasteiger partial charge >= 0.3 is 6.18 Å². The van der Waals surface area contributed by atoms with Crippen molar-refractivity contribution in [2.45, 2.75) is 25.2 Å². The lowest BCUT2D eigenvalue weighted by atomic mass is 10.2. The van der Waals surface area contributed by atoms with Gasteiger partial charge in [0.15, 0.2) is 0 Å². The van der Waals surface area contributed by atoms with Crippen molar-refractivity contribution in [3.8, 4) is 0 Å². The lowest BCUT2D eigenvalue weighted by molar-refractivity contribution is -0.141. The third kappa shape index (κ3) is 4.15. The molecule has 0 radical (unpaired) electrons. The van der Waals surface area contributed by atoms with Crippen molar-refractivity contribution in [3.63, 3.8) is 0 Å². The van der Waals surface area contributed by atoms with Gasteiger partial charge in [0.25, 0.3) is 0 Å². The third-order valence-corrected chi connectivity index (χ3v) is 4.27. The van der Waals surface area contributed by atoms with Gasteiger partial charge in [-0.2, -0.15) is 13.2 Å². The Bertz CT molecular complexity index is 708. The van der Waals surface area contributed by atoms with Gasteiger partial charge in [0.1, 0.15) is 5.69 Å². The second-order valence-electron chi connectivity index (χ2n) is 5.72. The summed E-state index contributed by atoms with van der Waals surface area (Å²) in [4.78, 5) is 9.62. The summed E-state index contributed by atoms with van der Waals surface area (Å²) in [5, 5.41) is 3.70. The smallest absolute Gasteiger partial charge is 0.350 e. The van der Waals surface area contributed by atoms with Crippen molar-refractivity contribution >= 4 is 17.5 Å². The first-order chi connectivity index (χ1) is 11.4. The fraction of sp³-hybridized carbons (Fsp3) is 0.375. The van der Waals surface area contributed by atoms with Crippen LogP contribution in [-0.2, 0) is 12.7 Å². The number of rotatable bonds is 4. The van der Waals surface area contributed by atoms with Gasteiger partial charge in [-0.1, -0.05) is 29.8 Å². The van der Waals surface area contributed by atoms with E-state index in [4.69, 9.17) is 11.6 Å². The number of alkyl halides is 3. The van der Waals surface area contributed by atoms with Gasteiger partial charge in [0.2, 0.25) is 5.95 Å². The first-order valence-electron chi connectivity index (χ1n) is 7.54. The largest absolute Gasteiger partial charge is 0.433 e. The molecular formula is C16H16ClF3N4. The van der Waals surface area contributed by atoms with Gasteiger partial charge in [-0.15, -0.1) is 0 Å². The molecule has 1 aliphatic rings. The van der Waals surface area contributed by atoms with Gasteiger partial charge in [0.05, 0.1) is 0 Å². The quantitative estimate of drug-likeness (QED) is 0.903. The third-order valence-electron chi connectivity index (χ3n) is 3.90. The van der Waals surface area contributed by atoms with E-state index in [1.165, 1.54) is 0 Å². The molecule has 0 saturated carbocycles. The Labute approximate surface area is 142 Å². The summed E-state index contributed by atoms with van der Waals surface area (Å²) >= 11 is 6.16. The summed E-state index contributed by atoms with van der Waals surface area (Å²) in [6.07, 6.45) is -2.54. The Morgan fingerprint density at radius 1 is 1.25 bits per heavy atom. The molecule has 8 heteroatoms. The minimum atomic E-state index is -4.47. The lowest BCUT2D eigenvalue weighted by Gasteiger charge is -2.17. The van der Waals surface area contributed by atoms with E-state index in [-0.39, 0.29) is 12.0 Å². The van der Waals surface area contributed by atoms with E-state index >= 15 is 0 Å². The molecule has 2 aromatic rings. The van der Waals surface area contributed by atoms with Gasteiger partial charge in [0, 0.05) is 36.9 Å². The van der Waals surface area contributed by atoms with E-state index in [9.17, 15) is 13.2 Å². The van der Waals surface area contributed by atoms with Gasteiger partial charge in [-0.25, -0.2) is 9.97 Å². The molecule has 0 aliphatic carbocycles. The fourth-order valence-electron chi connectivity index (χ4n) is 2.73. The van der Waals surface area contributed by atoms with Crippen LogP contribution in [0.15, 0.2) is 36.5 Å². The second kappa shape index (κ2) is 6.94. The van der Waals surface area contributed by atoms with Crippen LogP contribution in [0, 0.1) is 0 Å². The number of hydrogen-bond donors (Lipinski definition) is 1. The van der Waals surface area contributed by atoms with Crippen LogP contribution in [0.1, 0.15) is 17.7 Å². The maximum absolute atomic E-state index is 12.7. The van der Waals surface area contributed by atoms with Gasteiger partial charge < -0.3 is 5.32 Å². The molecule has 24 heavy (non-hydrogen) atoms. The summed E-state index contributed by atoms with van der Waals surface area (Å²) in [6.45, 7) is 2.24. The lowest BCUT2D eigenvalue weighted by Crippen LogP contribution is -2.27. The normalized spacial score (nSPS) is 18.8. The molecule has 1 saturated heterocycles. The molecule has 1 aliphatic heterocycles. The van der Waals surface area contributed by atoms with E-state index in [0.717, 1.165) is 35.8 Å². The van der Waals surface area contributed by atoms with Crippen LogP contribution in [0.3, 0.4) is 0 Å². The molecule has 1 N–H and O–H groups in total. The molecule has 1 aromatic heterocycles. The van der Waals surface area contributed by atoms with E-state index < -0.39 is 11.9 Å². The van der Waals surface area contributed by atoms with E-state index in [2.05, 4.69) is 20.2 Å². The minimum absolute atomic E-state index is 0.00872. The predicted octanol–water partition coefficient (Wildman–Crippen LogP) is 3.84. The average Bonchev–Trinajstić information content (AvgIpc) is 2.96. The Kier molecular flexibility index (Phi) is 4.91. The van der Waals surface area contributed by atoms with E-state index in [1.54, 1.807) is 0 Å². The maximum atomic E-state index is 12.7. The minimum Gasteiger partial charge on any atom is -0.350 e. The van der Waals surface area contributed by atoms with Crippen molar-refractivity contribution in [2.75, 3.05) is 18.4 Å². The number of halogens is 4. The fourth-order valence-corrected chi connectivity index (χ4v) is 2.93. The predicted molar refractivity (Wildman–Crippen MR) is 85.8 cm³/mol. The summed E-state index contributed by atoms with van der Waals surface area (Å²) in [5.74, 6) is 0.00872. The summed E-state index contributed by atoms with van der Waals surface area (Å²) in [7, 11) is 0. The number of aromatic nitrogens is 2. The van der Waals surface area contributed by atoms with E-state index in [0.29, 0.717) is 13.1 Å². The highest BCUT2D eigenvalue weighted by Crippen LogP contribution is 2.28. The highest BCUT2D eigenvalue weighted by atomic mass is 35.5. The standard InChI is InChI=1S/C16H16ClF3N4/c17-13-4-2-1-3-11(13)9-24-8-6-12(10-24)22-15-21-7-5-14(23-15)16(18,19)20/h1-5,7,12H,6,8-10H2,(H,21,22,23). The molecule has 2 heterocycles. The molecule has 1 unspecified atom stereocenters. The zero-order valence-corrected chi connectivity index (χ0v) is 13.5. The number of likely N-dealkylation sites (tertiary alicyclic amines) is 1. The van der Waals surface area contributed by atoms with Crippen LogP contribution in [0.4, 0.5) is 19.1 Å². The molecule has 0 bridgehead atoms. The maximum Gasteiger partial charge on any atom is 0.433 e. The van der Waals surface area contributed by atoms with Gasteiger partial charge in [-0.3, -0.25) is 4.90 Å². The van der Waals surface area contributed by atoms with Crippen LogP contribution >= 0.6 is 11.6 Å². The molecule has 0 spiro atoms. The first-order valence-corrected chi connectivity index (χ1v) is 7.92. The highest BCUT2D eigenvalue weighted by molar-refractivity contribution is 6.31. The average molecular weight is 357 g/mol. The number of benzene rings is 1. The SMILES string of the molecule is FC(F)(F)c1ccnc(NC2CCN(Cc3ccccc3Cl)C2)n1. The number of hydrogen-bond acceptors (Lipinski definition) is 4. The summed E-state index contributed by atoms with van der Waals surface area (Å²) in [6, 6.07) is 8.51. The zero-order valence-electron chi connectivity index (χ0n) is 12.7. The molecule has 3 rings (SSSR count). The van der Waals surface area contributed by atoms with Crippen molar-refractivity contribution in [2.24, 2.45) is 0 Å². The molecule has 0 amide bonds. The molecule has 4 nitrogen and oxygen atoms in total. The molecule has 1 aromatic carbocycles.